The summed E-state index contributed by atoms with van der Waals surface area (Å²) in [5.74, 6) is -0.750. The average Bonchev–Trinajstić information content (AvgIpc) is 2.95. The van der Waals surface area contributed by atoms with Crippen LogP contribution in [-0.2, 0) is 9.59 Å². The molecule has 0 aromatic heterocycles. The number of halogens is 1. The van der Waals surface area contributed by atoms with Crippen LogP contribution < -0.4 is 11.1 Å². The number of nitrogens with two attached hydrogens (primary N) is 1. The van der Waals surface area contributed by atoms with Crippen LogP contribution in [0, 0.1) is 0 Å². The lowest BCUT2D eigenvalue weighted by Crippen LogP contribution is -2.43. The highest BCUT2D eigenvalue weighted by atomic mass is 35.5. The van der Waals surface area contributed by atoms with E-state index in [0.29, 0.717) is 18.7 Å². The number of rotatable bonds is 4. The van der Waals surface area contributed by atoms with E-state index < -0.39 is 5.91 Å². The monoisotopic (exact) mass is 309 g/mol. The zero-order valence-corrected chi connectivity index (χ0v) is 12.1. The van der Waals surface area contributed by atoms with Gasteiger partial charge in [-0.2, -0.15) is 0 Å². The van der Waals surface area contributed by atoms with Gasteiger partial charge in [-0.3, -0.25) is 9.59 Å². The lowest BCUT2D eigenvalue weighted by molar-refractivity contribution is -0.133. The number of carbonyl (C=O) groups is 3. The molecule has 1 aromatic rings. The maximum atomic E-state index is 12.0. The second-order valence-corrected chi connectivity index (χ2v) is 5.20. The molecule has 0 radical (unpaired) electrons. The predicted molar refractivity (Wildman–Crippen MR) is 79.0 cm³/mol. The minimum absolute atomic E-state index is 0.161. The molecule has 1 atom stereocenters. The first-order chi connectivity index (χ1) is 10.0. The van der Waals surface area contributed by atoms with Crippen molar-refractivity contribution < 1.29 is 14.4 Å². The van der Waals surface area contributed by atoms with E-state index in [1.807, 2.05) is 0 Å². The van der Waals surface area contributed by atoms with Gasteiger partial charge in [-0.25, -0.2) is 0 Å². The first-order valence-electron chi connectivity index (χ1n) is 6.61. The summed E-state index contributed by atoms with van der Waals surface area (Å²) in [5, 5.41) is 2.66. The molecule has 7 heteroatoms. The molecule has 2 rings (SSSR count). The molecular formula is C14H16ClN3O3. The van der Waals surface area contributed by atoms with Gasteiger partial charge in [0.2, 0.25) is 5.91 Å². The molecule has 1 heterocycles. The quantitative estimate of drug-likeness (QED) is 0.637. The van der Waals surface area contributed by atoms with Gasteiger partial charge in [0.25, 0.3) is 5.91 Å². The van der Waals surface area contributed by atoms with Gasteiger partial charge in [-0.15, -0.1) is 0 Å². The molecule has 0 unspecified atom stereocenters. The molecule has 2 amide bonds. The van der Waals surface area contributed by atoms with Gasteiger partial charge in [0.15, 0.2) is 0 Å². The van der Waals surface area contributed by atoms with E-state index in [9.17, 15) is 14.4 Å². The van der Waals surface area contributed by atoms with Gasteiger partial charge in [0.05, 0.1) is 28.9 Å². The van der Waals surface area contributed by atoms with E-state index in [0.717, 1.165) is 12.7 Å². The summed E-state index contributed by atoms with van der Waals surface area (Å²) in [4.78, 5) is 36.3. The van der Waals surface area contributed by atoms with Gasteiger partial charge in [-0.1, -0.05) is 17.7 Å². The van der Waals surface area contributed by atoms with E-state index in [4.69, 9.17) is 17.3 Å². The molecule has 1 saturated heterocycles. The van der Waals surface area contributed by atoms with Crippen LogP contribution in [0.4, 0.5) is 5.69 Å². The van der Waals surface area contributed by atoms with E-state index in [-0.39, 0.29) is 29.1 Å². The minimum Gasteiger partial charge on any atom is -0.398 e. The van der Waals surface area contributed by atoms with Crippen molar-refractivity contribution in [2.45, 2.75) is 18.9 Å². The fourth-order valence-corrected chi connectivity index (χ4v) is 2.53. The molecule has 6 nitrogen and oxygen atoms in total. The maximum Gasteiger partial charge on any atom is 0.253 e. The molecule has 0 bridgehead atoms. The Morgan fingerprint density at radius 3 is 2.95 bits per heavy atom. The van der Waals surface area contributed by atoms with Crippen LogP contribution in [0.15, 0.2) is 18.2 Å². The van der Waals surface area contributed by atoms with Crippen molar-refractivity contribution in [2.75, 3.05) is 18.8 Å². The predicted octanol–water partition coefficient (Wildman–Crippen LogP) is 0.842. The number of anilines is 1. The number of nitrogen functional groups attached to an aromatic ring is 1. The topological polar surface area (TPSA) is 92.5 Å². The summed E-state index contributed by atoms with van der Waals surface area (Å²) in [5.41, 5.74) is 6.15. The van der Waals surface area contributed by atoms with Crippen LogP contribution in [0.2, 0.25) is 5.02 Å². The Morgan fingerprint density at radius 2 is 2.24 bits per heavy atom. The average molecular weight is 310 g/mol. The highest BCUT2D eigenvalue weighted by molar-refractivity contribution is 6.36. The van der Waals surface area contributed by atoms with Crippen LogP contribution in [0.25, 0.3) is 0 Å². The molecule has 0 aliphatic carbocycles. The molecule has 3 N–H and O–H groups in total. The Bertz CT molecular complexity index is 577. The number of benzene rings is 1. The summed E-state index contributed by atoms with van der Waals surface area (Å²) in [6.45, 7) is 0.367. The molecule has 21 heavy (non-hydrogen) atoms. The molecular weight excluding hydrogens is 294 g/mol. The zero-order chi connectivity index (χ0) is 15.4. The number of hydrogen-bond donors (Lipinski definition) is 2. The first-order valence-corrected chi connectivity index (χ1v) is 6.99. The van der Waals surface area contributed by atoms with Crippen molar-refractivity contribution in [3.63, 3.8) is 0 Å². The Balaban J connectivity index is 1.96. The molecule has 1 aliphatic rings. The van der Waals surface area contributed by atoms with E-state index >= 15 is 0 Å². The fourth-order valence-electron chi connectivity index (χ4n) is 2.32. The second kappa shape index (κ2) is 6.58. The molecule has 1 fully saturated rings. The fraction of sp³-hybridized carbons (Fsp3) is 0.357. The third-order valence-electron chi connectivity index (χ3n) is 3.45. The van der Waals surface area contributed by atoms with Gasteiger partial charge in [-0.05, 0) is 25.0 Å². The van der Waals surface area contributed by atoms with Gasteiger partial charge in [0, 0.05) is 6.54 Å². The summed E-state index contributed by atoms with van der Waals surface area (Å²) < 4.78 is 0. The number of nitrogens with zero attached hydrogens (tertiary/aromatic N) is 1. The molecule has 0 spiro atoms. The SMILES string of the molecule is Nc1cccc(C(=O)NCC(=O)N2CCC[C@H]2C=O)c1Cl. The van der Waals surface area contributed by atoms with Crippen LogP contribution in [0.1, 0.15) is 23.2 Å². The van der Waals surface area contributed by atoms with Crippen LogP contribution in [0.5, 0.6) is 0 Å². The standard InChI is InChI=1S/C14H16ClN3O3/c15-13-10(4-1-5-11(13)16)14(21)17-7-12(20)18-6-2-3-9(18)8-19/h1,4-5,8-9H,2-3,6-7,16H2,(H,17,21)/t9-/m0/s1. The smallest absolute Gasteiger partial charge is 0.253 e. The number of nitrogens with one attached hydrogen (secondary N) is 1. The van der Waals surface area contributed by atoms with Gasteiger partial charge < -0.3 is 20.7 Å². The number of aldehydes is 1. The Labute approximate surface area is 127 Å². The van der Waals surface area contributed by atoms with E-state index in [2.05, 4.69) is 5.32 Å². The van der Waals surface area contributed by atoms with E-state index in [1.54, 1.807) is 12.1 Å². The Hall–Kier alpha value is -2.08. The van der Waals surface area contributed by atoms with Crippen molar-refractivity contribution >= 4 is 35.4 Å². The van der Waals surface area contributed by atoms with Crippen LogP contribution in [-0.4, -0.2) is 42.1 Å². The second-order valence-electron chi connectivity index (χ2n) is 4.82. The van der Waals surface area contributed by atoms with Crippen molar-refractivity contribution in [1.29, 1.82) is 0 Å². The number of hydrogen-bond acceptors (Lipinski definition) is 4. The number of carbonyl (C=O) groups excluding carboxylic acids is 3. The van der Waals surface area contributed by atoms with Crippen molar-refractivity contribution in [2.24, 2.45) is 0 Å². The highest BCUT2D eigenvalue weighted by Gasteiger charge is 2.28. The minimum atomic E-state index is -0.470. The molecule has 112 valence electrons. The summed E-state index contributed by atoms with van der Waals surface area (Å²) in [6.07, 6.45) is 2.23. The van der Waals surface area contributed by atoms with Gasteiger partial charge >= 0.3 is 0 Å². The zero-order valence-electron chi connectivity index (χ0n) is 11.3. The molecule has 1 aliphatic heterocycles. The molecule has 1 aromatic carbocycles. The largest absolute Gasteiger partial charge is 0.398 e. The van der Waals surface area contributed by atoms with Crippen molar-refractivity contribution in [3.8, 4) is 0 Å². The Kier molecular flexibility index (Phi) is 4.80. The third-order valence-corrected chi connectivity index (χ3v) is 3.87. The van der Waals surface area contributed by atoms with Crippen molar-refractivity contribution in [3.05, 3.63) is 28.8 Å². The highest BCUT2D eigenvalue weighted by Crippen LogP contribution is 2.22. The lowest BCUT2D eigenvalue weighted by Gasteiger charge is -2.20. The summed E-state index contributed by atoms with van der Waals surface area (Å²) in [7, 11) is 0. The lowest BCUT2D eigenvalue weighted by atomic mass is 10.2. The normalized spacial score (nSPS) is 17.6. The van der Waals surface area contributed by atoms with Crippen LogP contribution >= 0.6 is 11.6 Å². The van der Waals surface area contributed by atoms with Gasteiger partial charge in [0.1, 0.15) is 6.29 Å². The van der Waals surface area contributed by atoms with Crippen LogP contribution in [0.3, 0.4) is 0 Å². The first kappa shape index (κ1) is 15.3. The number of likely N-dealkylation sites (tertiary alicyclic amines) is 1. The summed E-state index contributed by atoms with van der Waals surface area (Å²) in [6, 6.07) is 4.34. The number of amides is 2. The van der Waals surface area contributed by atoms with Crippen molar-refractivity contribution in [1.82, 2.24) is 10.2 Å². The summed E-state index contributed by atoms with van der Waals surface area (Å²) >= 11 is 5.95. The third kappa shape index (κ3) is 3.33. The van der Waals surface area contributed by atoms with E-state index in [1.165, 1.54) is 11.0 Å². The Morgan fingerprint density at radius 1 is 1.48 bits per heavy atom. The molecule has 0 saturated carbocycles. The maximum absolute atomic E-state index is 12.0.